The second-order valence-corrected chi connectivity index (χ2v) is 3.87. The van der Waals surface area contributed by atoms with Gasteiger partial charge < -0.3 is 5.11 Å². The Hall–Kier alpha value is -2.62. The van der Waals surface area contributed by atoms with Gasteiger partial charge in [-0.25, -0.2) is 4.98 Å². The third-order valence-corrected chi connectivity index (χ3v) is 2.71. The Morgan fingerprint density at radius 1 is 0.889 bits per heavy atom. The van der Waals surface area contributed by atoms with Crippen molar-refractivity contribution in [3.8, 4) is 22.8 Å². The van der Waals surface area contributed by atoms with Crippen molar-refractivity contribution in [3.63, 3.8) is 0 Å². The molecule has 2 heterocycles. The number of rotatable bonds is 2. The first-order chi connectivity index (χ1) is 8.84. The number of aromatic nitrogens is 3. The molecule has 4 nitrogen and oxygen atoms in total. The molecule has 0 saturated heterocycles. The number of phenols is 1. The molecule has 1 aromatic carbocycles. The van der Waals surface area contributed by atoms with Crippen LogP contribution in [0.25, 0.3) is 17.1 Å². The maximum atomic E-state index is 9.31. The summed E-state index contributed by atoms with van der Waals surface area (Å²) in [4.78, 5) is 8.36. The van der Waals surface area contributed by atoms with E-state index < -0.39 is 0 Å². The van der Waals surface area contributed by atoms with Crippen LogP contribution in [0.4, 0.5) is 0 Å². The van der Waals surface area contributed by atoms with Gasteiger partial charge in [-0.05, 0) is 36.4 Å². The molecule has 0 aliphatic carbocycles. The first-order valence-corrected chi connectivity index (χ1v) is 5.58. The molecule has 4 heteroatoms. The maximum absolute atomic E-state index is 9.31. The molecule has 3 aromatic rings. The van der Waals surface area contributed by atoms with Gasteiger partial charge in [-0.3, -0.25) is 9.55 Å². The average molecular weight is 237 g/mol. The van der Waals surface area contributed by atoms with E-state index in [0.717, 1.165) is 17.1 Å². The fourth-order valence-electron chi connectivity index (χ4n) is 1.84. The number of imidazole rings is 1. The van der Waals surface area contributed by atoms with Crippen molar-refractivity contribution in [2.45, 2.75) is 0 Å². The van der Waals surface area contributed by atoms with E-state index in [1.807, 2.05) is 35.0 Å². The minimum Gasteiger partial charge on any atom is -0.508 e. The number of hydrogen-bond donors (Lipinski definition) is 1. The zero-order valence-corrected chi connectivity index (χ0v) is 9.56. The van der Waals surface area contributed by atoms with Gasteiger partial charge in [0.15, 0.2) is 0 Å². The fraction of sp³-hybridized carbons (Fsp3) is 0. The predicted octanol–water partition coefficient (Wildman–Crippen LogP) is 2.64. The van der Waals surface area contributed by atoms with E-state index in [2.05, 4.69) is 9.97 Å². The summed E-state index contributed by atoms with van der Waals surface area (Å²) >= 11 is 0. The second kappa shape index (κ2) is 4.33. The Labute approximate surface area is 104 Å². The van der Waals surface area contributed by atoms with Crippen LogP contribution in [0.1, 0.15) is 0 Å². The van der Waals surface area contributed by atoms with E-state index >= 15 is 0 Å². The number of pyridine rings is 1. The van der Waals surface area contributed by atoms with Gasteiger partial charge in [-0.15, -0.1) is 0 Å². The van der Waals surface area contributed by atoms with Crippen LogP contribution in [-0.4, -0.2) is 19.6 Å². The number of phenolic OH excluding ortho intramolecular Hbond substituents is 1. The summed E-state index contributed by atoms with van der Waals surface area (Å²) < 4.78 is 1.98. The van der Waals surface area contributed by atoms with Gasteiger partial charge in [0.2, 0.25) is 0 Å². The highest BCUT2D eigenvalue weighted by Gasteiger charge is 2.07. The van der Waals surface area contributed by atoms with E-state index in [1.165, 1.54) is 0 Å². The smallest absolute Gasteiger partial charge is 0.144 e. The van der Waals surface area contributed by atoms with Crippen molar-refractivity contribution < 1.29 is 5.11 Å². The standard InChI is InChI=1S/C14H11N3O/c18-13-3-1-11(2-4-13)14-16-9-10-17(14)12-5-7-15-8-6-12/h1-10,18H. The molecule has 0 unspecified atom stereocenters. The van der Waals surface area contributed by atoms with E-state index in [0.29, 0.717) is 0 Å². The van der Waals surface area contributed by atoms with E-state index in [1.54, 1.807) is 30.7 Å². The summed E-state index contributed by atoms with van der Waals surface area (Å²) in [6.07, 6.45) is 7.14. The molecular formula is C14H11N3O. The third-order valence-electron chi connectivity index (χ3n) is 2.71. The van der Waals surface area contributed by atoms with Crippen molar-refractivity contribution in [1.29, 1.82) is 0 Å². The molecule has 0 atom stereocenters. The van der Waals surface area contributed by atoms with Crippen LogP contribution in [0.15, 0.2) is 61.2 Å². The second-order valence-electron chi connectivity index (χ2n) is 3.87. The van der Waals surface area contributed by atoms with Gasteiger partial charge in [0.05, 0.1) is 5.69 Å². The number of hydrogen-bond acceptors (Lipinski definition) is 3. The molecular weight excluding hydrogens is 226 g/mol. The Morgan fingerprint density at radius 3 is 2.33 bits per heavy atom. The van der Waals surface area contributed by atoms with Crippen molar-refractivity contribution in [2.24, 2.45) is 0 Å². The van der Waals surface area contributed by atoms with Crippen molar-refractivity contribution in [2.75, 3.05) is 0 Å². The van der Waals surface area contributed by atoms with Gasteiger partial charge in [0.1, 0.15) is 11.6 Å². The molecule has 18 heavy (non-hydrogen) atoms. The molecule has 1 N–H and O–H groups in total. The first-order valence-electron chi connectivity index (χ1n) is 5.58. The minimum atomic E-state index is 0.251. The molecule has 0 amide bonds. The maximum Gasteiger partial charge on any atom is 0.144 e. The molecule has 0 aliphatic heterocycles. The van der Waals surface area contributed by atoms with Crippen LogP contribution < -0.4 is 0 Å². The summed E-state index contributed by atoms with van der Waals surface area (Å²) in [5, 5.41) is 9.31. The predicted molar refractivity (Wildman–Crippen MR) is 68.5 cm³/mol. The summed E-state index contributed by atoms with van der Waals surface area (Å²) in [7, 11) is 0. The van der Waals surface area contributed by atoms with Crippen LogP contribution in [-0.2, 0) is 0 Å². The Bertz CT molecular complexity index is 644. The number of aromatic hydroxyl groups is 1. The molecule has 88 valence electrons. The summed E-state index contributed by atoms with van der Waals surface area (Å²) in [5.74, 6) is 1.09. The highest BCUT2D eigenvalue weighted by atomic mass is 16.3. The van der Waals surface area contributed by atoms with Gasteiger partial charge in [-0.2, -0.15) is 0 Å². The largest absolute Gasteiger partial charge is 0.508 e. The summed E-state index contributed by atoms with van der Waals surface area (Å²) in [6, 6.07) is 10.8. The number of benzene rings is 1. The van der Waals surface area contributed by atoms with Crippen LogP contribution in [0.5, 0.6) is 5.75 Å². The molecule has 0 saturated carbocycles. The number of nitrogens with zero attached hydrogens (tertiary/aromatic N) is 3. The van der Waals surface area contributed by atoms with Gasteiger partial charge in [0.25, 0.3) is 0 Å². The van der Waals surface area contributed by atoms with Crippen molar-refractivity contribution >= 4 is 0 Å². The lowest BCUT2D eigenvalue weighted by atomic mass is 10.2. The van der Waals surface area contributed by atoms with E-state index in [4.69, 9.17) is 0 Å². The summed E-state index contributed by atoms with van der Waals surface area (Å²) in [6.45, 7) is 0. The molecule has 0 radical (unpaired) electrons. The van der Waals surface area contributed by atoms with Crippen molar-refractivity contribution in [3.05, 3.63) is 61.2 Å². The lowest BCUT2D eigenvalue weighted by Gasteiger charge is -2.07. The topological polar surface area (TPSA) is 50.9 Å². The Balaban J connectivity index is 2.10. The highest BCUT2D eigenvalue weighted by Crippen LogP contribution is 2.22. The monoisotopic (exact) mass is 237 g/mol. The lowest BCUT2D eigenvalue weighted by Crippen LogP contribution is -1.95. The van der Waals surface area contributed by atoms with Gasteiger partial charge in [0, 0.05) is 30.4 Å². The van der Waals surface area contributed by atoms with Gasteiger partial charge in [-0.1, -0.05) is 0 Å². The molecule has 0 aliphatic rings. The molecule has 0 fully saturated rings. The van der Waals surface area contributed by atoms with Gasteiger partial charge >= 0.3 is 0 Å². The minimum absolute atomic E-state index is 0.251. The fourth-order valence-corrected chi connectivity index (χ4v) is 1.84. The SMILES string of the molecule is Oc1ccc(-c2nccn2-c2ccncc2)cc1. The quantitative estimate of drug-likeness (QED) is 0.745. The molecule has 0 spiro atoms. The zero-order chi connectivity index (χ0) is 12.4. The normalized spacial score (nSPS) is 10.4. The van der Waals surface area contributed by atoms with Crippen LogP contribution in [0.3, 0.4) is 0 Å². The van der Waals surface area contributed by atoms with Crippen LogP contribution in [0.2, 0.25) is 0 Å². The molecule has 3 rings (SSSR count). The Morgan fingerprint density at radius 2 is 1.61 bits per heavy atom. The molecule has 2 aromatic heterocycles. The molecule has 0 bridgehead atoms. The zero-order valence-electron chi connectivity index (χ0n) is 9.56. The highest BCUT2D eigenvalue weighted by molar-refractivity contribution is 5.59. The summed E-state index contributed by atoms with van der Waals surface area (Å²) in [5.41, 5.74) is 1.96. The lowest BCUT2D eigenvalue weighted by molar-refractivity contribution is 0.475. The van der Waals surface area contributed by atoms with Crippen molar-refractivity contribution in [1.82, 2.24) is 14.5 Å². The van der Waals surface area contributed by atoms with Crippen LogP contribution in [0, 0.1) is 0 Å². The average Bonchev–Trinajstić information content (AvgIpc) is 2.90. The van der Waals surface area contributed by atoms with E-state index in [9.17, 15) is 5.11 Å². The third kappa shape index (κ3) is 1.84. The first kappa shape index (κ1) is 10.5. The van der Waals surface area contributed by atoms with E-state index in [-0.39, 0.29) is 5.75 Å². The Kier molecular flexibility index (Phi) is 2.53. The van der Waals surface area contributed by atoms with Crippen LogP contribution >= 0.6 is 0 Å².